The third-order valence-electron chi connectivity index (χ3n) is 4.25. The summed E-state index contributed by atoms with van der Waals surface area (Å²) < 4.78 is 1.73. The first kappa shape index (κ1) is 14.0. The van der Waals surface area contributed by atoms with E-state index in [1.807, 2.05) is 13.2 Å². The summed E-state index contributed by atoms with van der Waals surface area (Å²) in [7, 11) is 1.87. The predicted molar refractivity (Wildman–Crippen MR) is 82.1 cm³/mol. The summed E-state index contributed by atoms with van der Waals surface area (Å²) in [5.74, 6) is 1.23. The molecule has 1 saturated carbocycles. The highest BCUT2D eigenvalue weighted by molar-refractivity contribution is 5.56. The molecule has 0 amide bonds. The molecule has 0 aromatic carbocycles. The molecule has 0 spiro atoms. The summed E-state index contributed by atoms with van der Waals surface area (Å²) in [4.78, 5) is 19.6. The van der Waals surface area contributed by atoms with E-state index in [4.69, 9.17) is 4.98 Å². The summed E-state index contributed by atoms with van der Waals surface area (Å²) in [5.41, 5.74) is 1.56. The van der Waals surface area contributed by atoms with Gasteiger partial charge in [0.25, 0.3) is 5.56 Å². The normalized spacial score (nSPS) is 17.4. The van der Waals surface area contributed by atoms with Crippen LogP contribution in [-0.4, -0.2) is 19.7 Å². The van der Waals surface area contributed by atoms with E-state index < -0.39 is 0 Å². The van der Waals surface area contributed by atoms with Gasteiger partial charge in [0.2, 0.25) is 0 Å². The van der Waals surface area contributed by atoms with Crippen molar-refractivity contribution in [2.75, 3.05) is 0 Å². The van der Waals surface area contributed by atoms with Crippen molar-refractivity contribution < 1.29 is 0 Å². The van der Waals surface area contributed by atoms with Gasteiger partial charge in [-0.2, -0.15) is 5.10 Å². The van der Waals surface area contributed by atoms with Gasteiger partial charge in [-0.3, -0.25) is 9.48 Å². The van der Waals surface area contributed by atoms with Gasteiger partial charge in [-0.15, -0.1) is 0 Å². The highest BCUT2D eigenvalue weighted by atomic mass is 16.1. The number of hydrogen-bond donors (Lipinski definition) is 1. The fourth-order valence-electron chi connectivity index (χ4n) is 3.10. The molecule has 0 saturated heterocycles. The molecule has 2 aromatic heterocycles. The highest BCUT2D eigenvalue weighted by Crippen LogP contribution is 2.29. The Morgan fingerprint density at radius 3 is 2.57 bits per heavy atom. The Hall–Kier alpha value is -1.91. The summed E-state index contributed by atoms with van der Waals surface area (Å²) in [5, 5.41) is 4.16. The van der Waals surface area contributed by atoms with Gasteiger partial charge in [-0.25, -0.2) is 4.98 Å². The fourth-order valence-corrected chi connectivity index (χ4v) is 3.10. The molecule has 0 aliphatic heterocycles. The maximum Gasteiger partial charge on any atom is 0.251 e. The van der Waals surface area contributed by atoms with Crippen LogP contribution in [0.1, 0.15) is 56.7 Å². The Bertz CT molecular complexity index is 650. The summed E-state index contributed by atoms with van der Waals surface area (Å²) in [6.07, 6.45) is 12.3. The average molecular weight is 286 g/mol. The number of aryl methyl sites for hydroxylation is 1. The predicted octanol–water partition coefficient (Wildman–Crippen LogP) is 3.00. The maximum absolute atomic E-state index is 12.0. The second-order valence-corrected chi connectivity index (χ2v) is 5.96. The molecule has 1 aliphatic carbocycles. The third-order valence-corrected chi connectivity index (χ3v) is 4.25. The van der Waals surface area contributed by atoms with E-state index in [2.05, 4.69) is 10.1 Å². The molecule has 2 aromatic rings. The van der Waals surface area contributed by atoms with Crippen molar-refractivity contribution in [3.8, 4) is 11.3 Å². The van der Waals surface area contributed by atoms with Crippen molar-refractivity contribution in [1.82, 2.24) is 19.7 Å². The molecule has 0 unspecified atom stereocenters. The van der Waals surface area contributed by atoms with Crippen molar-refractivity contribution in [3.63, 3.8) is 0 Å². The summed E-state index contributed by atoms with van der Waals surface area (Å²) in [6.45, 7) is 0. The number of rotatable bonds is 2. The van der Waals surface area contributed by atoms with Crippen LogP contribution in [0.25, 0.3) is 11.3 Å². The van der Waals surface area contributed by atoms with E-state index >= 15 is 0 Å². The molecule has 1 N–H and O–H groups in total. The second-order valence-electron chi connectivity index (χ2n) is 5.96. The van der Waals surface area contributed by atoms with E-state index in [-0.39, 0.29) is 5.56 Å². The summed E-state index contributed by atoms with van der Waals surface area (Å²) in [6, 6.07) is 1.56. The quantitative estimate of drug-likeness (QED) is 0.923. The van der Waals surface area contributed by atoms with E-state index in [0.717, 1.165) is 29.9 Å². The van der Waals surface area contributed by atoms with Crippen molar-refractivity contribution in [1.29, 1.82) is 0 Å². The van der Waals surface area contributed by atoms with Crippen molar-refractivity contribution in [2.45, 2.75) is 50.9 Å². The average Bonchev–Trinajstić information content (AvgIpc) is 2.84. The molecule has 1 aliphatic rings. The van der Waals surface area contributed by atoms with Crippen molar-refractivity contribution >= 4 is 0 Å². The lowest BCUT2D eigenvalue weighted by Crippen LogP contribution is -2.15. The highest BCUT2D eigenvalue weighted by Gasteiger charge is 2.17. The molecule has 5 heteroatoms. The van der Waals surface area contributed by atoms with Crippen LogP contribution in [0.3, 0.4) is 0 Å². The number of H-pyrrole nitrogens is 1. The lowest BCUT2D eigenvalue weighted by molar-refractivity contribution is 0.442. The lowest BCUT2D eigenvalue weighted by atomic mass is 9.90. The number of nitrogens with one attached hydrogen (secondary N) is 1. The second kappa shape index (κ2) is 6.24. The topological polar surface area (TPSA) is 63.6 Å². The zero-order valence-electron chi connectivity index (χ0n) is 12.5. The van der Waals surface area contributed by atoms with E-state index in [1.54, 1.807) is 16.9 Å². The van der Waals surface area contributed by atoms with Gasteiger partial charge in [0.15, 0.2) is 0 Å². The van der Waals surface area contributed by atoms with Crippen molar-refractivity contribution in [3.05, 3.63) is 34.6 Å². The molecule has 5 nitrogen and oxygen atoms in total. The molecule has 3 rings (SSSR count). The minimum Gasteiger partial charge on any atom is -0.310 e. The molecular formula is C16H22N4O. The van der Waals surface area contributed by atoms with Gasteiger partial charge in [0.1, 0.15) is 5.82 Å². The molecule has 112 valence electrons. The Balaban J connectivity index is 1.91. The van der Waals surface area contributed by atoms with Gasteiger partial charge in [-0.05, 0) is 12.8 Å². The first-order valence-corrected chi connectivity index (χ1v) is 7.82. The molecule has 21 heavy (non-hydrogen) atoms. The largest absolute Gasteiger partial charge is 0.310 e. The van der Waals surface area contributed by atoms with Crippen LogP contribution in [-0.2, 0) is 7.05 Å². The van der Waals surface area contributed by atoms with Crippen LogP contribution < -0.4 is 5.56 Å². The van der Waals surface area contributed by atoms with Crippen LogP contribution in [0.5, 0.6) is 0 Å². The zero-order chi connectivity index (χ0) is 14.7. The lowest BCUT2D eigenvalue weighted by Gasteiger charge is -2.19. The Labute approximate surface area is 124 Å². The molecular weight excluding hydrogens is 264 g/mol. The Morgan fingerprint density at radius 2 is 1.90 bits per heavy atom. The number of aromatic nitrogens is 4. The molecule has 1 fully saturated rings. The standard InChI is InChI=1S/C16H22N4O/c1-20-11-13(10-17-20)14-9-15(21)19-16(18-14)12-7-5-3-2-4-6-8-12/h9-12H,2-8H2,1H3,(H,18,19,21). The first-order chi connectivity index (χ1) is 10.2. The van der Waals surface area contributed by atoms with Crippen LogP contribution >= 0.6 is 0 Å². The zero-order valence-corrected chi connectivity index (χ0v) is 12.5. The molecule has 0 atom stereocenters. The number of hydrogen-bond acceptors (Lipinski definition) is 3. The van der Waals surface area contributed by atoms with Crippen LogP contribution in [0, 0.1) is 0 Å². The third kappa shape index (κ3) is 3.40. The monoisotopic (exact) mass is 286 g/mol. The fraction of sp³-hybridized carbons (Fsp3) is 0.562. The molecule has 0 radical (unpaired) electrons. The van der Waals surface area contributed by atoms with Gasteiger partial charge < -0.3 is 4.98 Å². The van der Waals surface area contributed by atoms with Crippen LogP contribution in [0.4, 0.5) is 0 Å². The van der Waals surface area contributed by atoms with E-state index in [0.29, 0.717) is 5.92 Å². The number of aromatic amines is 1. The van der Waals surface area contributed by atoms with Crippen LogP contribution in [0.15, 0.2) is 23.3 Å². The summed E-state index contributed by atoms with van der Waals surface area (Å²) >= 11 is 0. The van der Waals surface area contributed by atoms with Gasteiger partial charge in [0.05, 0.1) is 11.9 Å². The molecule has 2 heterocycles. The minimum absolute atomic E-state index is 0.0686. The Morgan fingerprint density at radius 1 is 1.19 bits per heavy atom. The first-order valence-electron chi connectivity index (χ1n) is 7.82. The van der Waals surface area contributed by atoms with Crippen LogP contribution in [0.2, 0.25) is 0 Å². The van der Waals surface area contributed by atoms with Gasteiger partial charge >= 0.3 is 0 Å². The van der Waals surface area contributed by atoms with E-state index in [1.165, 1.54) is 32.1 Å². The minimum atomic E-state index is -0.0686. The maximum atomic E-state index is 12.0. The van der Waals surface area contributed by atoms with Crippen molar-refractivity contribution in [2.24, 2.45) is 7.05 Å². The van der Waals surface area contributed by atoms with Gasteiger partial charge in [-0.1, -0.05) is 32.1 Å². The molecule has 0 bridgehead atoms. The SMILES string of the molecule is Cn1cc(-c2cc(=O)[nH]c(C3CCCCCCC3)n2)cn1. The number of nitrogens with zero attached hydrogens (tertiary/aromatic N) is 3. The van der Waals surface area contributed by atoms with E-state index in [9.17, 15) is 4.79 Å². The smallest absolute Gasteiger partial charge is 0.251 e. The Kier molecular flexibility index (Phi) is 4.18. The van der Waals surface area contributed by atoms with Gasteiger partial charge in [0, 0.05) is 30.8 Å².